The van der Waals surface area contributed by atoms with Gasteiger partial charge in [0.1, 0.15) is 12.0 Å². The molecule has 2 heterocycles. The van der Waals surface area contributed by atoms with Crippen LogP contribution in [0.1, 0.15) is 80.6 Å². The highest BCUT2D eigenvalue weighted by atomic mass is 28.4. The minimum absolute atomic E-state index is 0.0000345. The zero-order chi connectivity index (χ0) is 28.2. The second kappa shape index (κ2) is 16.1. The predicted molar refractivity (Wildman–Crippen MR) is 162 cm³/mol. The van der Waals surface area contributed by atoms with Crippen molar-refractivity contribution in [3.8, 4) is 0 Å². The van der Waals surface area contributed by atoms with Gasteiger partial charge in [-0.2, -0.15) is 0 Å². The van der Waals surface area contributed by atoms with E-state index < -0.39 is 28.7 Å². The predicted octanol–water partition coefficient (Wildman–Crippen LogP) is 8.15. The van der Waals surface area contributed by atoms with Crippen molar-refractivity contribution < 1.29 is 23.2 Å². The van der Waals surface area contributed by atoms with E-state index in [-0.39, 0.29) is 30.4 Å². The molecular formula is C31H54O5Si2. The molecule has 0 saturated carbocycles. The molecule has 0 aromatic heterocycles. The standard InChI is InChI=1S/C31H54O5Si2/c1-8-37(9-2,10-3)35-26-20-15-14-16-22-30(36-38(11-4,12-5)13-6)25(7)19-17-18-21-28-29(32)24-27(23-26)34-31(28)33/h14-18,22,25-28,30H,8-13,19-21,23-24H2,1-7H3/b15-14+,18-17+,22-16-/t25-,26+,27+,28?,30+/m0/s1. The molecule has 0 aromatic carbocycles. The average Bonchev–Trinajstić information content (AvgIpc) is 2.92. The Labute approximate surface area is 234 Å². The first-order valence-corrected chi connectivity index (χ1v) is 20.3. The summed E-state index contributed by atoms with van der Waals surface area (Å²) in [5.74, 6) is -0.765. The van der Waals surface area contributed by atoms with Gasteiger partial charge in [-0.15, -0.1) is 0 Å². The number of carbonyl (C=O) groups is 2. The van der Waals surface area contributed by atoms with E-state index in [0.717, 1.165) is 49.1 Å². The number of hydrogen-bond donors (Lipinski definition) is 0. The second-order valence-electron chi connectivity index (χ2n) is 11.3. The zero-order valence-electron chi connectivity index (χ0n) is 25.2. The van der Waals surface area contributed by atoms with Gasteiger partial charge in [-0.3, -0.25) is 9.59 Å². The molecule has 38 heavy (non-hydrogen) atoms. The van der Waals surface area contributed by atoms with E-state index in [2.05, 4.69) is 78.8 Å². The minimum Gasteiger partial charge on any atom is -0.461 e. The van der Waals surface area contributed by atoms with Crippen LogP contribution in [0.15, 0.2) is 36.5 Å². The van der Waals surface area contributed by atoms with Crippen molar-refractivity contribution in [2.45, 2.75) is 135 Å². The van der Waals surface area contributed by atoms with Crippen molar-refractivity contribution >= 4 is 28.4 Å². The maximum atomic E-state index is 13.0. The van der Waals surface area contributed by atoms with Crippen LogP contribution in [-0.4, -0.2) is 46.7 Å². The molecule has 0 aromatic rings. The number of fused-ring (bicyclic) bond motifs is 11. The normalized spacial score (nSPS) is 30.4. The van der Waals surface area contributed by atoms with Crippen LogP contribution in [0.3, 0.4) is 0 Å². The quantitative estimate of drug-likeness (QED) is 0.116. The summed E-state index contributed by atoms with van der Waals surface area (Å²) in [7, 11) is -3.64. The molecule has 3 aliphatic rings. The van der Waals surface area contributed by atoms with Crippen LogP contribution in [0.25, 0.3) is 0 Å². The van der Waals surface area contributed by atoms with Crippen LogP contribution < -0.4 is 0 Å². The summed E-state index contributed by atoms with van der Waals surface area (Å²) in [6.07, 6.45) is 15.2. The topological polar surface area (TPSA) is 61.8 Å². The molecule has 0 N–H and O–H groups in total. The van der Waals surface area contributed by atoms with Crippen molar-refractivity contribution in [3.63, 3.8) is 0 Å². The molecule has 2 bridgehead atoms. The average molecular weight is 563 g/mol. The van der Waals surface area contributed by atoms with Gasteiger partial charge in [0.25, 0.3) is 0 Å². The fourth-order valence-corrected chi connectivity index (χ4v) is 11.6. The third-order valence-electron chi connectivity index (χ3n) is 9.13. The number of allylic oxidation sites excluding steroid dienone is 4. The van der Waals surface area contributed by atoms with Gasteiger partial charge in [0, 0.05) is 12.8 Å². The highest BCUT2D eigenvalue weighted by molar-refractivity contribution is 6.74. The Morgan fingerprint density at radius 3 is 1.95 bits per heavy atom. The van der Waals surface area contributed by atoms with Crippen LogP contribution in [0, 0.1) is 11.8 Å². The van der Waals surface area contributed by atoms with Crippen LogP contribution in [0.4, 0.5) is 0 Å². The maximum absolute atomic E-state index is 13.0. The summed E-state index contributed by atoms with van der Waals surface area (Å²) in [5.41, 5.74) is 0. The lowest BCUT2D eigenvalue weighted by Crippen LogP contribution is -2.43. The monoisotopic (exact) mass is 562 g/mol. The van der Waals surface area contributed by atoms with E-state index in [1.165, 1.54) is 0 Å². The van der Waals surface area contributed by atoms with Crippen LogP contribution in [-0.2, 0) is 23.2 Å². The van der Waals surface area contributed by atoms with Crippen molar-refractivity contribution in [1.29, 1.82) is 0 Å². The number of esters is 1. The third kappa shape index (κ3) is 9.14. The Bertz CT molecular complexity index is 794. The van der Waals surface area contributed by atoms with Gasteiger partial charge >= 0.3 is 5.97 Å². The molecule has 0 radical (unpaired) electrons. The SMILES string of the molecule is CC[Si](CC)(CC)O[C@@H]1C/C=C/C=C\[C@@H](O[Si](CC)(CC)CC)[C@@H](C)C/C=C/CC2C(=O)C[C@@H](C1)OC2=O. The van der Waals surface area contributed by atoms with Crippen LogP contribution in [0.2, 0.25) is 36.3 Å². The Morgan fingerprint density at radius 2 is 1.37 bits per heavy atom. The van der Waals surface area contributed by atoms with Gasteiger partial charge in [0.2, 0.25) is 0 Å². The Balaban J connectivity index is 2.35. The van der Waals surface area contributed by atoms with Crippen LogP contribution in [0.5, 0.6) is 0 Å². The van der Waals surface area contributed by atoms with E-state index in [4.69, 9.17) is 13.6 Å². The highest BCUT2D eigenvalue weighted by Crippen LogP contribution is 2.31. The lowest BCUT2D eigenvalue weighted by molar-refractivity contribution is -0.165. The molecule has 5 atom stereocenters. The molecule has 1 fully saturated rings. The molecule has 216 valence electrons. The summed E-state index contributed by atoms with van der Waals surface area (Å²) >= 11 is 0. The molecule has 0 spiro atoms. The van der Waals surface area contributed by atoms with E-state index in [9.17, 15) is 9.59 Å². The lowest BCUT2D eigenvalue weighted by atomic mass is 9.90. The number of ether oxygens (including phenoxy) is 1. The molecule has 7 heteroatoms. The van der Waals surface area contributed by atoms with Crippen molar-refractivity contribution in [1.82, 2.24) is 0 Å². The second-order valence-corrected chi connectivity index (χ2v) is 20.7. The number of rotatable bonds is 10. The first kappa shape index (κ1) is 32.9. The first-order chi connectivity index (χ1) is 18.2. The van der Waals surface area contributed by atoms with E-state index in [0.29, 0.717) is 18.8 Å². The molecule has 1 unspecified atom stereocenters. The first-order valence-electron chi connectivity index (χ1n) is 15.3. The molecular weight excluding hydrogens is 509 g/mol. The Hall–Kier alpha value is -1.29. The number of hydrogen-bond acceptors (Lipinski definition) is 5. The number of carbonyl (C=O) groups excluding carboxylic acids is 2. The number of Topliss-reactive ketones (excluding diaryl/α,β-unsaturated/α-hetero) is 1. The summed E-state index contributed by atoms with van der Waals surface area (Å²) in [6, 6.07) is 6.54. The zero-order valence-corrected chi connectivity index (χ0v) is 27.2. The molecule has 2 aliphatic heterocycles. The van der Waals surface area contributed by atoms with Gasteiger partial charge in [0.15, 0.2) is 22.4 Å². The van der Waals surface area contributed by atoms with Crippen molar-refractivity contribution in [3.05, 3.63) is 36.5 Å². The molecule has 0 amide bonds. The maximum Gasteiger partial charge on any atom is 0.317 e. The van der Waals surface area contributed by atoms with Gasteiger partial charge in [-0.05, 0) is 61.4 Å². The summed E-state index contributed by atoms with van der Waals surface area (Å²) in [6.45, 7) is 15.7. The summed E-state index contributed by atoms with van der Waals surface area (Å²) in [4.78, 5) is 25.8. The van der Waals surface area contributed by atoms with E-state index in [1.54, 1.807) is 0 Å². The molecule has 1 saturated heterocycles. The van der Waals surface area contributed by atoms with Gasteiger partial charge in [-0.25, -0.2) is 0 Å². The Morgan fingerprint density at radius 1 is 0.789 bits per heavy atom. The largest absolute Gasteiger partial charge is 0.461 e. The molecule has 3 rings (SSSR count). The third-order valence-corrected chi connectivity index (χ3v) is 18.5. The Kier molecular flexibility index (Phi) is 13.9. The summed E-state index contributed by atoms with van der Waals surface area (Å²) in [5, 5.41) is 0. The smallest absolute Gasteiger partial charge is 0.317 e. The van der Waals surface area contributed by atoms with Crippen molar-refractivity contribution in [2.24, 2.45) is 11.8 Å². The van der Waals surface area contributed by atoms with Gasteiger partial charge < -0.3 is 13.6 Å². The highest BCUT2D eigenvalue weighted by Gasteiger charge is 2.39. The summed E-state index contributed by atoms with van der Waals surface area (Å²) < 4.78 is 19.6. The van der Waals surface area contributed by atoms with Crippen molar-refractivity contribution in [2.75, 3.05) is 0 Å². The van der Waals surface area contributed by atoms with Gasteiger partial charge in [-0.1, -0.05) is 84.9 Å². The minimum atomic E-state index is -1.86. The van der Waals surface area contributed by atoms with E-state index in [1.807, 2.05) is 6.08 Å². The lowest BCUT2D eigenvalue weighted by Gasteiger charge is -2.35. The fourth-order valence-electron chi connectivity index (χ4n) is 5.78. The molecule has 1 aliphatic carbocycles. The number of ketones is 1. The fraction of sp³-hybridized carbons (Fsp3) is 0.742. The van der Waals surface area contributed by atoms with Crippen LogP contribution >= 0.6 is 0 Å². The molecule has 5 nitrogen and oxygen atoms in total. The van der Waals surface area contributed by atoms with Gasteiger partial charge in [0.05, 0.1) is 12.2 Å². The van der Waals surface area contributed by atoms with E-state index >= 15 is 0 Å².